The molecule has 1 rings (SSSR count). The molecule has 0 saturated heterocycles. The molecule has 1 atom stereocenters. The largest absolute Gasteiger partial charge is 0.490 e. The van der Waals surface area contributed by atoms with Crippen LogP contribution in [-0.4, -0.2) is 22.9 Å². The number of ketones is 1. The molecule has 0 aliphatic rings. The molecule has 0 spiro atoms. The molecule has 0 fully saturated rings. The lowest BCUT2D eigenvalue weighted by Crippen LogP contribution is -2.10. The van der Waals surface area contributed by atoms with Gasteiger partial charge in [-0.15, -0.1) is 0 Å². The second-order valence-corrected chi connectivity index (χ2v) is 3.64. The minimum absolute atomic E-state index is 0.0143. The van der Waals surface area contributed by atoms with Crippen LogP contribution in [0.3, 0.4) is 0 Å². The summed E-state index contributed by atoms with van der Waals surface area (Å²) >= 11 is 0. The lowest BCUT2D eigenvalue weighted by atomic mass is 9.98. The number of hydrogen-bond acceptors (Lipinski definition) is 5. The molecule has 0 unspecified atom stereocenters. The van der Waals surface area contributed by atoms with Gasteiger partial charge in [0.25, 0.3) is 0 Å². The summed E-state index contributed by atoms with van der Waals surface area (Å²) in [6.07, 6.45) is -1.42. The second-order valence-electron chi connectivity index (χ2n) is 3.64. The van der Waals surface area contributed by atoms with E-state index in [0.29, 0.717) is 0 Å². The zero-order valence-corrected chi connectivity index (χ0v) is 10.0. The van der Waals surface area contributed by atoms with Crippen LogP contribution < -0.4 is 4.74 Å². The van der Waals surface area contributed by atoms with Gasteiger partial charge < -0.3 is 9.84 Å². The monoisotopic (exact) mass is 251 g/mol. The van der Waals surface area contributed by atoms with E-state index < -0.39 is 16.8 Å². The van der Waals surface area contributed by atoms with E-state index >= 15 is 0 Å². The summed E-state index contributed by atoms with van der Waals surface area (Å²) in [7, 11) is 1.29. The highest BCUT2D eigenvalue weighted by Crippen LogP contribution is 2.36. The van der Waals surface area contributed by atoms with Gasteiger partial charge in [-0.3, -0.25) is 14.9 Å². The zero-order chi connectivity index (χ0) is 13.9. The number of rotatable bonds is 5. The van der Waals surface area contributed by atoms with Gasteiger partial charge in [0.1, 0.15) is 6.10 Å². The number of aliphatic hydroxyl groups excluding tert-OH is 1. The van der Waals surface area contributed by atoms with E-state index in [4.69, 9.17) is 4.74 Å². The van der Waals surface area contributed by atoms with Crippen LogP contribution in [0.2, 0.25) is 0 Å². The molecule has 1 aromatic rings. The topological polar surface area (TPSA) is 89.7 Å². The lowest BCUT2D eigenvalue weighted by Gasteiger charge is -2.13. The first-order chi connectivity index (χ1) is 8.40. The number of hydrogen-bond donors (Lipinski definition) is 1. The van der Waals surface area contributed by atoms with Gasteiger partial charge in [-0.05, 0) is 19.1 Å². The summed E-state index contributed by atoms with van der Waals surface area (Å²) in [5.41, 5.74) is -0.485. The molecule has 0 bridgehead atoms. The van der Waals surface area contributed by atoms with Crippen molar-refractivity contribution in [1.82, 2.24) is 0 Å². The second kappa shape index (κ2) is 5.42. The first-order valence-electron chi connectivity index (χ1n) is 5.09. The van der Waals surface area contributed by atoms with E-state index in [1.165, 1.54) is 32.2 Å². The molecule has 6 heteroatoms. The average molecular weight is 251 g/mol. The third-order valence-electron chi connectivity index (χ3n) is 2.51. The van der Waals surface area contributed by atoms with Crippen LogP contribution in [-0.2, 0) is 4.79 Å². The number of aliphatic hydroxyl groups is 1. The first-order valence-corrected chi connectivity index (χ1v) is 5.09. The number of benzene rings is 1. The molecular formula is C12H13NO5. The fourth-order valence-electron chi connectivity index (χ4n) is 1.50. The highest BCUT2D eigenvalue weighted by Gasteiger charge is 2.27. The lowest BCUT2D eigenvalue weighted by molar-refractivity contribution is -0.387. The van der Waals surface area contributed by atoms with Gasteiger partial charge in [0.05, 0.1) is 17.6 Å². The highest BCUT2D eigenvalue weighted by atomic mass is 16.6. The number of para-hydroxylation sites is 1. The van der Waals surface area contributed by atoms with Gasteiger partial charge >= 0.3 is 5.69 Å². The Morgan fingerprint density at radius 1 is 1.56 bits per heavy atom. The molecular weight excluding hydrogens is 238 g/mol. The molecule has 0 heterocycles. The Bertz CT molecular complexity index is 509. The molecule has 0 aliphatic heterocycles. The normalized spacial score (nSPS) is 11.7. The van der Waals surface area contributed by atoms with Crippen LogP contribution in [0.15, 0.2) is 30.4 Å². The van der Waals surface area contributed by atoms with E-state index in [-0.39, 0.29) is 22.6 Å². The van der Waals surface area contributed by atoms with Crippen molar-refractivity contribution in [2.45, 2.75) is 13.0 Å². The van der Waals surface area contributed by atoms with Crippen LogP contribution in [0.1, 0.15) is 18.6 Å². The van der Waals surface area contributed by atoms with Crippen molar-refractivity contribution in [3.8, 4) is 5.75 Å². The van der Waals surface area contributed by atoms with E-state index in [0.717, 1.165) is 0 Å². The first kappa shape index (κ1) is 13.9. The summed E-state index contributed by atoms with van der Waals surface area (Å²) in [4.78, 5) is 21.5. The number of nitro groups is 1. The fourth-order valence-corrected chi connectivity index (χ4v) is 1.50. The van der Waals surface area contributed by atoms with Crippen LogP contribution in [0.4, 0.5) is 5.69 Å². The summed E-state index contributed by atoms with van der Waals surface area (Å²) < 4.78 is 4.87. The fraction of sp³-hybridized carbons (Fsp3) is 0.250. The molecule has 0 aromatic heterocycles. The van der Waals surface area contributed by atoms with Crippen LogP contribution in [0.25, 0.3) is 0 Å². The van der Waals surface area contributed by atoms with E-state index in [2.05, 4.69) is 6.58 Å². The molecule has 1 aromatic carbocycles. The number of methoxy groups -OCH3 is 1. The van der Waals surface area contributed by atoms with Crippen molar-refractivity contribution in [3.63, 3.8) is 0 Å². The van der Waals surface area contributed by atoms with Crippen LogP contribution in [0, 0.1) is 10.1 Å². The van der Waals surface area contributed by atoms with Crippen molar-refractivity contribution in [3.05, 3.63) is 46.0 Å². The van der Waals surface area contributed by atoms with Crippen molar-refractivity contribution < 1.29 is 19.6 Å². The third kappa shape index (κ3) is 2.54. The number of nitro benzene ring substituents is 1. The van der Waals surface area contributed by atoms with Gasteiger partial charge in [0.2, 0.25) is 0 Å². The Morgan fingerprint density at radius 3 is 2.61 bits per heavy atom. The molecule has 18 heavy (non-hydrogen) atoms. The maximum Gasteiger partial charge on any atom is 0.317 e. The average Bonchev–Trinajstić information content (AvgIpc) is 2.35. The van der Waals surface area contributed by atoms with Gasteiger partial charge in [0.15, 0.2) is 11.5 Å². The molecule has 96 valence electrons. The molecule has 1 N–H and O–H groups in total. The number of carbonyl (C=O) groups is 1. The maximum atomic E-state index is 11.1. The quantitative estimate of drug-likeness (QED) is 0.489. The molecule has 0 amide bonds. The molecule has 0 radical (unpaired) electrons. The summed E-state index contributed by atoms with van der Waals surface area (Å²) in [6, 6.07) is 4.27. The standard InChI is InChI=1S/C12H13NO5/c1-7(8(2)14)12(15)9-5-4-6-10(18-3)11(9)13(16)17/h4-6,12,15H,1H2,2-3H3/t12-/m0/s1. The van der Waals surface area contributed by atoms with Gasteiger partial charge in [-0.2, -0.15) is 0 Å². The predicted octanol–water partition coefficient (Wildman–Crippen LogP) is 1.78. The Hall–Kier alpha value is -2.21. The van der Waals surface area contributed by atoms with E-state index in [1.54, 1.807) is 0 Å². The molecule has 6 nitrogen and oxygen atoms in total. The van der Waals surface area contributed by atoms with E-state index in [1.807, 2.05) is 0 Å². The summed E-state index contributed by atoms with van der Waals surface area (Å²) in [5.74, 6) is -0.410. The minimum Gasteiger partial charge on any atom is -0.490 e. The van der Waals surface area contributed by atoms with Crippen molar-refractivity contribution in [1.29, 1.82) is 0 Å². The van der Waals surface area contributed by atoms with Crippen molar-refractivity contribution in [2.75, 3.05) is 7.11 Å². The number of ether oxygens (including phenoxy) is 1. The SMILES string of the molecule is C=C(C(C)=O)[C@H](O)c1cccc(OC)c1[N+](=O)[O-]. The number of nitrogens with zero attached hydrogens (tertiary/aromatic N) is 1. The number of carbonyl (C=O) groups excluding carboxylic acids is 1. The Balaban J connectivity index is 3.36. The minimum atomic E-state index is -1.42. The van der Waals surface area contributed by atoms with Crippen LogP contribution >= 0.6 is 0 Å². The van der Waals surface area contributed by atoms with Crippen molar-refractivity contribution in [2.24, 2.45) is 0 Å². The van der Waals surface area contributed by atoms with Crippen LogP contribution in [0.5, 0.6) is 5.75 Å². The summed E-state index contributed by atoms with van der Waals surface area (Å²) in [6.45, 7) is 4.66. The maximum absolute atomic E-state index is 11.1. The Kier molecular flexibility index (Phi) is 4.17. The van der Waals surface area contributed by atoms with Gasteiger partial charge in [-0.25, -0.2) is 0 Å². The smallest absolute Gasteiger partial charge is 0.317 e. The number of Topliss-reactive ketones (excluding diaryl/α,β-unsaturated/α-hetero) is 1. The molecule has 0 saturated carbocycles. The molecule has 0 aliphatic carbocycles. The van der Waals surface area contributed by atoms with Crippen molar-refractivity contribution >= 4 is 11.5 Å². The van der Waals surface area contributed by atoms with Gasteiger partial charge in [-0.1, -0.05) is 12.6 Å². The van der Waals surface area contributed by atoms with Gasteiger partial charge in [0, 0.05) is 5.57 Å². The van der Waals surface area contributed by atoms with E-state index in [9.17, 15) is 20.0 Å². The highest BCUT2D eigenvalue weighted by molar-refractivity contribution is 5.94. The predicted molar refractivity (Wildman–Crippen MR) is 64.4 cm³/mol. The Morgan fingerprint density at radius 2 is 2.17 bits per heavy atom. The third-order valence-corrected chi connectivity index (χ3v) is 2.51. The zero-order valence-electron chi connectivity index (χ0n) is 10.0. The summed E-state index contributed by atoms with van der Waals surface area (Å²) in [5, 5.41) is 20.9. The Labute approximate surface area is 104 Å².